The first-order chi connectivity index (χ1) is 17.1. The lowest BCUT2D eigenvalue weighted by molar-refractivity contribution is 0.355. The summed E-state index contributed by atoms with van der Waals surface area (Å²) in [5.41, 5.74) is 8.03. The van der Waals surface area contributed by atoms with E-state index in [1.807, 2.05) is 13.0 Å². The number of nitrogens with two attached hydrogens (primary N) is 1. The van der Waals surface area contributed by atoms with Gasteiger partial charge in [-0.1, -0.05) is 11.6 Å². The summed E-state index contributed by atoms with van der Waals surface area (Å²) in [6.07, 6.45) is 2.55. The van der Waals surface area contributed by atoms with Crippen LogP contribution in [-0.2, 0) is 10.0 Å². The molecule has 0 bridgehead atoms. The van der Waals surface area contributed by atoms with Crippen LogP contribution < -0.4 is 34.9 Å². The Morgan fingerprint density at radius 1 is 1.03 bits per heavy atom. The number of halogens is 1. The number of hydrogen-bond acceptors (Lipinski definition) is 10. The van der Waals surface area contributed by atoms with Gasteiger partial charge in [0.2, 0.25) is 16.0 Å². The molecule has 0 spiro atoms. The maximum Gasteiger partial charge on any atom is 0.232 e. The number of aromatic nitrogens is 2. The highest BCUT2D eigenvalue weighted by Gasteiger charge is 2.22. The van der Waals surface area contributed by atoms with Crippen LogP contribution in [0.15, 0.2) is 36.5 Å². The average molecular weight is 537 g/mol. The van der Waals surface area contributed by atoms with Crippen molar-refractivity contribution in [1.29, 1.82) is 0 Å². The molecule has 0 radical (unpaired) electrons. The third kappa shape index (κ3) is 6.20. The molecule has 194 valence electrons. The van der Waals surface area contributed by atoms with E-state index in [9.17, 15) is 8.42 Å². The van der Waals surface area contributed by atoms with Crippen molar-refractivity contribution in [1.82, 2.24) is 9.97 Å². The SMILES string of the molecule is COc1ccc(Nc2nc(Nc3cc(OC)c(OC)cc3C)ncc2Cl)c(N(CCN)S(C)(=O)=O)c1. The molecule has 0 saturated heterocycles. The Kier molecular flexibility index (Phi) is 8.66. The first kappa shape index (κ1) is 27.1. The van der Waals surface area contributed by atoms with Crippen molar-refractivity contribution >= 4 is 50.5 Å². The molecule has 0 saturated carbocycles. The summed E-state index contributed by atoms with van der Waals surface area (Å²) >= 11 is 6.38. The first-order valence-corrected chi connectivity index (χ1v) is 13.0. The van der Waals surface area contributed by atoms with Gasteiger partial charge in [-0.3, -0.25) is 4.31 Å². The second kappa shape index (κ2) is 11.5. The van der Waals surface area contributed by atoms with E-state index in [0.29, 0.717) is 34.3 Å². The molecule has 13 heteroatoms. The Hall–Kier alpha value is -3.48. The number of ether oxygens (including phenoxy) is 3. The van der Waals surface area contributed by atoms with E-state index in [2.05, 4.69) is 20.6 Å². The van der Waals surface area contributed by atoms with Gasteiger partial charge in [-0.2, -0.15) is 4.98 Å². The maximum absolute atomic E-state index is 12.5. The second-order valence-electron chi connectivity index (χ2n) is 7.67. The molecule has 3 aromatic rings. The van der Waals surface area contributed by atoms with Crippen LogP contribution in [0.2, 0.25) is 5.02 Å². The van der Waals surface area contributed by atoms with E-state index in [0.717, 1.165) is 11.8 Å². The second-order valence-corrected chi connectivity index (χ2v) is 9.98. The molecule has 0 aliphatic heterocycles. The molecule has 1 heterocycles. The minimum absolute atomic E-state index is 0.0730. The summed E-state index contributed by atoms with van der Waals surface area (Å²) in [5, 5.41) is 6.50. The number of sulfonamides is 1. The molecule has 0 atom stereocenters. The van der Waals surface area contributed by atoms with Crippen molar-refractivity contribution in [2.75, 3.05) is 55.6 Å². The van der Waals surface area contributed by atoms with Crippen LogP contribution in [0.4, 0.5) is 28.8 Å². The van der Waals surface area contributed by atoms with Crippen LogP contribution in [-0.4, -0.2) is 59.1 Å². The molecule has 0 unspecified atom stereocenters. The topological polar surface area (TPSA) is 141 Å². The van der Waals surface area contributed by atoms with Crippen LogP contribution >= 0.6 is 11.6 Å². The lowest BCUT2D eigenvalue weighted by Crippen LogP contribution is -2.35. The molecule has 0 amide bonds. The molecule has 0 aliphatic rings. The smallest absolute Gasteiger partial charge is 0.232 e. The van der Waals surface area contributed by atoms with Gasteiger partial charge in [0.1, 0.15) is 10.8 Å². The summed E-state index contributed by atoms with van der Waals surface area (Å²) < 4.78 is 42.2. The molecule has 11 nitrogen and oxygen atoms in total. The predicted octanol–water partition coefficient (Wildman–Crippen LogP) is 3.68. The van der Waals surface area contributed by atoms with Crippen molar-refractivity contribution in [3.05, 3.63) is 47.1 Å². The Morgan fingerprint density at radius 3 is 2.33 bits per heavy atom. The monoisotopic (exact) mass is 536 g/mol. The zero-order chi connectivity index (χ0) is 26.5. The van der Waals surface area contributed by atoms with Gasteiger partial charge in [-0.15, -0.1) is 0 Å². The van der Waals surface area contributed by atoms with Crippen LogP contribution in [0.1, 0.15) is 5.56 Å². The Balaban J connectivity index is 2.00. The van der Waals surface area contributed by atoms with E-state index in [-0.39, 0.29) is 29.9 Å². The number of benzene rings is 2. The lowest BCUT2D eigenvalue weighted by atomic mass is 10.1. The lowest BCUT2D eigenvalue weighted by Gasteiger charge is -2.25. The molecule has 2 aromatic carbocycles. The minimum atomic E-state index is -3.64. The Morgan fingerprint density at radius 2 is 1.72 bits per heavy atom. The van der Waals surface area contributed by atoms with Crippen LogP contribution in [0.5, 0.6) is 17.2 Å². The number of hydrogen-bond donors (Lipinski definition) is 3. The minimum Gasteiger partial charge on any atom is -0.497 e. The zero-order valence-electron chi connectivity index (χ0n) is 20.6. The number of nitrogens with one attached hydrogen (secondary N) is 2. The molecule has 3 rings (SSSR count). The van der Waals surface area contributed by atoms with Gasteiger partial charge < -0.3 is 30.6 Å². The van der Waals surface area contributed by atoms with Crippen LogP contribution in [0.25, 0.3) is 0 Å². The number of rotatable bonds is 11. The maximum atomic E-state index is 12.5. The van der Waals surface area contributed by atoms with Gasteiger partial charge in [-0.05, 0) is 30.7 Å². The van der Waals surface area contributed by atoms with E-state index in [4.69, 9.17) is 31.5 Å². The zero-order valence-corrected chi connectivity index (χ0v) is 22.2. The molecule has 1 aromatic heterocycles. The quantitative estimate of drug-likeness (QED) is 0.332. The standard InChI is InChI=1S/C23H29ClN6O5S/c1-14-10-20(34-3)21(35-4)12-18(14)28-23-26-13-16(24)22(29-23)27-17-7-6-15(33-2)11-19(17)30(9-8-25)36(5,31)32/h6-7,10-13H,8-9,25H2,1-5H3,(H2,26,27,28,29). The van der Waals surface area contributed by atoms with E-state index >= 15 is 0 Å². The molecule has 4 N–H and O–H groups in total. The predicted molar refractivity (Wildman–Crippen MR) is 142 cm³/mol. The van der Waals surface area contributed by atoms with Crippen LogP contribution in [0, 0.1) is 6.92 Å². The fourth-order valence-corrected chi connectivity index (χ4v) is 4.49. The molecular formula is C23H29ClN6O5S. The van der Waals surface area contributed by atoms with Crippen molar-refractivity contribution in [3.8, 4) is 17.2 Å². The van der Waals surface area contributed by atoms with Gasteiger partial charge in [0.25, 0.3) is 0 Å². The van der Waals surface area contributed by atoms with Crippen molar-refractivity contribution in [2.45, 2.75) is 6.92 Å². The average Bonchev–Trinajstić information content (AvgIpc) is 2.85. The van der Waals surface area contributed by atoms with E-state index < -0.39 is 10.0 Å². The number of anilines is 5. The Labute approximate surface area is 215 Å². The third-order valence-corrected chi connectivity index (χ3v) is 6.64. The highest BCUT2D eigenvalue weighted by atomic mass is 35.5. The molecule has 0 fully saturated rings. The summed E-state index contributed by atoms with van der Waals surface area (Å²) in [4.78, 5) is 8.75. The van der Waals surface area contributed by atoms with Gasteiger partial charge in [0, 0.05) is 30.9 Å². The molecule has 36 heavy (non-hydrogen) atoms. The number of nitrogens with zero attached hydrogens (tertiary/aromatic N) is 3. The Bertz CT molecular complexity index is 1340. The third-order valence-electron chi connectivity index (χ3n) is 5.18. The van der Waals surface area contributed by atoms with Crippen molar-refractivity contribution in [3.63, 3.8) is 0 Å². The van der Waals surface area contributed by atoms with E-state index in [1.54, 1.807) is 38.5 Å². The van der Waals surface area contributed by atoms with Gasteiger partial charge >= 0.3 is 0 Å². The highest BCUT2D eigenvalue weighted by Crippen LogP contribution is 2.36. The number of methoxy groups -OCH3 is 3. The normalized spacial score (nSPS) is 11.1. The van der Waals surface area contributed by atoms with Crippen molar-refractivity contribution < 1.29 is 22.6 Å². The summed E-state index contributed by atoms with van der Waals surface area (Å²) in [6, 6.07) is 8.57. The van der Waals surface area contributed by atoms with Crippen LogP contribution in [0.3, 0.4) is 0 Å². The van der Waals surface area contributed by atoms with Gasteiger partial charge in [-0.25, -0.2) is 13.4 Å². The van der Waals surface area contributed by atoms with E-state index in [1.165, 1.54) is 17.6 Å². The van der Waals surface area contributed by atoms with Gasteiger partial charge in [0.15, 0.2) is 17.3 Å². The fraction of sp³-hybridized carbons (Fsp3) is 0.304. The van der Waals surface area contributed by atoms with Crippen molar-refractivity contribution in [2.24, 2.45) is 5.73 Å². The molecular weight excluding hydrogens is 508 g/mol. The van der Waals surface area contributed by atoms with Gasteiger partial charge in [0.05, 0.1) is 45.2 Å². The molecule has 0 aliphatic carbocycles. The summed E-state index contributed by atoms with van der Waals surface area (Å²) in [6.45, 7) is 2.10. The highest BCUT2D eigenvalue weighted by molar-refractivity contribution is 7.92. The number of aryl methyl sites for hydroxylation is 1. The summed E-state index contributed by atoms with van der Waals surface area (Å²) in [7, 11) is 0.973. The first-order valence-electron chi connectivity index (χ1n) is 10.8. The summed E-state index contributed by atoms with van der Waals surface area (Å²) in [5.74, 6) is 2.14. The fourth-order valence-electron chi connectivity index (χ4n) is 3.41. The largest absolute Gasteiger partial charge is 0.497 e.